The summed E-state index contributed by atoms with van der Waals surface area (Å²) in [6.45, 7) is 3.18. The van der Waals surface area contributed by atoms with Gasteiger partial charge in [0.2, 0.25) is 0 Å². The Morgan fingerprint density at radius 2 is 2.27 bits per heavy atom. The second kappa shape index (κ2) is 2.46. The topological polar surface area (TPSA) is 66.8 Å². The van der Waals surface area contributed by atoms with Crippen molar-refractivity contribution < 1.29 is 19.7 Å². The Labute approximate surface area is 64.8 Å². The van der Waals surface area contributed by atoms with Crippen LogP contribution in [0.25, 0.3) is 0 Å². The van der Waals surface area contributed by atoms with Gasteiger partial charge in [0, 0.05) is 0 Å². The van der Waals surface area contributed by atoms with Gasteiger partial charge in [-0.3, -0.25) is 0 Å². The Hall–Kier alpha value is -0.610. The maximum absolute atomic E-state index is 10.7. The van der Waals surface area contributed by atoms with E-state index in [1.54, 1.807) is 6.92 Å². The molecule has 64 valence electrons. The fraction of sp³-hybridized carbons (Fsp3) is 0.857. The molecule has 1 fully saturated rings. The van der Waals surface area contributed by atoms with E-state index in [1.165, 1.54) is 6.92 Å². The molecule has 4 heteroatoms. The highest BCUT2D eigenvalue weighted by Crippen LogP contribution is 2.28. The van der Waals surface area contributed by atoms with E-state index in [2.05, 4.69) is 0 Å². The largest absolute Gasteiger partial charge is 0.457 e. The number of hydrogen-bond donors (Lipinski definition) is 2. The van der Waals surface area contributed by atoms with E-state index in [0.29, 0.717) is 6.42 Å². The number of hydrogen-bond acceptors (Lipinski definition) is 4. The molecule has 11 heavy (non-hydrogen) atoms. The van der Waals surface area contributed by atoms with E-state index in [-0.39, 0.29) is 0 Å². The number of cyclic esters (lactones) is 1. The van der Waals surface area contributed by atoms with Crippen molar-refractivity contribution in [3.63, 3.8) is 0 Å². The molecular weight excluding hydrogens is 148 g/mol. The minimum Gasteiger partial charge on any atom is -0.457 e. The first-order chi connectivity index (χ1) is 5.00. The second-order valence-electron chi connectivity index (χ2n) is 2.96. The standard InChI is InChI=1S/C7H12O4/c1-3-4-7(2,10)5(8)6(9)11-4/h4-5,8,10H,3H2,1-2H3/t4-,5-,7-/m0/s1. The van der Waals surface area contributed by atoms with Crippen LogP contribution < -0.4 is 0 Å². The molecule has 0 bridgehead atoms. The fourth-order valence-electron chi connectivity index (χ4n) is 1.24. The van der Waals surface area contributed by atoms with Crippen LogP contribution in [-0.2, 0) is 9.53 Å². The highest BCUT2D eigenvalue weighted by Gasteiger charge is 2.51. The number of carbonyl (C=O) groups excluding carboxylic acids is 1. The first kappa shape index (κ1) is 8.49. The lowest BCUT2D eigenvalue weighted by molar-refractivity contribution is -0.147. The molecule has 0 amide bonds. The first-order valence-electron chi connectivity index (χ1n) is 3.61. The van der Waals surface area contributed by atoms with Crippen molar-refractivity contribution in [1.29, 1.82) is 0 Å². The molecule has 1 rings (SSSR count). The highest BCUT2D eigenvalue weighted by atomic mass is 16.6. The normalized spacial score (nSPS) is 44.2. The summed E-state index contributed by atoms with van der Waals surface area (Å²) in [6, 6.07) is 0. The van der Waals surface area contributed by atoms with Crippen LogP contribution in [0.2, 0.25) is 0 Å². The van der Waals surface area contributed by atoms with Crippen LogP contribution in [-0.4, -0.2) is 34.0 Å². The summed E-state index contributed by atoms with van der Waals surface area (Å²) in [4.78, 5) is 10.7. The van der Waals surface area contributed by atoms with Crippen molar-refractivity contribution >= 4 is 5.97 Å². The van der Waals surface area contributed by atoms with E-state index in [4.69, 9.17) is 9.84 Å². The molecule has 1 heterocycles. The third-order valence-corrected chi connectivity index (χ3v) is 2.06. The van der Waals surface area contributed by atoms with Crippen molar-refractivity contribution in [2.24, 2.45) is 0 Å². The van der Waals surface area contributed by atoms with E-state index in [1.807, 2.05) is 0 Å². The van der Waals surface area contributed by atoms with Gasteiger partial charge in [0.25, 0.3) is 0 Å². The number of ether oxygens (including phenoxy) is 1. The van der Waals surface area contributed by atoms with E-state index in [0.717, 1.165) is 0 Å². The van der Waals surface area contributed by atoms with Crippen molar-refractivity contribution in [2.45, 2.75) is 38.1 Å². The van der Waals surface area contributed by atoms with Gasteiger partial charge in [0.05, 0.1) is 0 Å². The van der Waals surface area contributed by atoms with Gasteiger partial charge in [-0.15, -0.1) is 0 Å². The maximum Gasteiger partial charge on any atom is 0.338 e. The molecule has 1 aliphatic rings. The number of aliphatic hydroxyl groups is 2. The molecule has 0 unspecified atom stereocenters. The van der Waals surface area contributed by atoms with Crippen LogP contribution >= 0.6 is 0 Å². The lowest BCUT2D eigenvalue weighted by atomic mass is 9.94. The van der Waals surface area contributed by atoms with Gasteiger partial charge in [0.1, 0.15) is 11.7 Å². The van der Waals surface area contributed by atoms with Crippen LogP contribution in [0.3, 0.4) is 0 Å². The van der Waals surface area contributed by atoms with Crippen LogP contribution in [0, 0.1) is 0 Å². The monoisotopic (exact) mass is 160 g/mol. The quantitative estimate of drug-likeness (QED) is 0.504. The summed E-state index contributed by atoms with van der Waals surface area (Å²) in [7, 11) is 0. The molecule has 0 aromatic carbocycles. The molecule has 4 nitrogen and oxygen atoms in total. The molecular formula is C7H12O4. The number of carbonyl (C=O) groups is 1. The van der Waals surface area contributed by atoms with E-state index in [9.17, 15) is 9.90 Å². The Bertz CT molecular complexity index is 175. The van der Waals surface area contributed by atoms with Crippen LogP contribution in [0.5, 0.6) is 0 Å². The number of aliphatic hydroxyl groups excluding tert-OH is 1. The average Bonchev–Trinajstić information content (AvgIpc) is 2.13. The minimum atomic E-state index is -1.42. The molecule has 0 spiro atoms. The Morgan fingerprint density at radius 3 is 2.45 bits per heavy atom. The van der Waals surface area contributed by atoms with Crippen molar-refractivity contribution in [3.8, 4) is 0 Å². The summed E-state index contributed by atoms with van der Waals surface area (Å²) >= 11 is 0. The second-order valence-corrected chi connectivity index (χ2v) is 2.96. The lowest BCUT2D eigenvalue weighted by Gasteiger charge is -2.22. The molecule has 0 saturated carbocycles. The van der Waals surface area contributed by atoms with E-state index < -0.39 is 23.8 Å². The summed E-state index contributed by atoms with van der Waals surface area (Å²) in [6.07, 6.45) is -1.46. The summed E-state index contributed by atoms with van der Waals surface area (Å²) in [5.41, 5.74) is -1.42. The maximum atomic E-state index is 10.7. The van der Waals surface area contributed by atoms with Crippen molar-refractivity contribution in [2.75, 3.05) is 0 Å². The number of esters is 1. The smallest absolute Gasteiger partial charge is 0.338 e. The SMILES string of the molecule is CC[C@@H]1OC(=O)[C@H](O)[C@@]1(C)O. The van der Waals surface area contributed by atoms with Crippen molar-refractivity contribution in [1.82, 2.24) is 0 Å². The zero-order valence-electron chi connectivity index (χ0n) is 6.57. The molecule has 0 aromatic rings. The summed E-state index contributed by atoms with van der Waals surface area (Å²) < 4.78 is 4.70. The highest BCUT2D eigenvalue weighted by molar-refractivity contribution is 5.78. The minimum absolute atomic E-state index is 0.510. The number of rotatable bonds is 1. The molecule has 1 aliphatic heterocycles. The first-order valence-corrected chi connectivity index (χ1v) is 3.61. The van der Waals surface area contributed by atoms with Gasteiger partial charge in [-0.2, -0.15) is 0 Å². The zero-order chi connectivity index (χ0) is 8.65. The van der Waals surface area contributed by atoms with Crippen LogP contribution in [0.15, 0.2) is 0 Å². The van der Waals surface area contributed by atoms with Gasteiger partial charge in [-0.1, -0.05) is 6.92 Å². The predicted octanol–water partition coefficient (Wildman–Crippen LogP) is -0.566. The predicted molar refractivity (Wildman–Crippen MR) is 36.8 cm³/mol. The van der Waals surface area contributed by atoms with Gasteiger partial charge in [-0.25, -0.2) is 4.79 Å². The molecule has 1 saturated heterocycles. The van der Waals surface area contributed by atoms with Crippen LogP contribution in [0.4, 0.5) is 0 Å². The third kappa shape index (κ3) is 1.12. The van der Waals surface area contributed by atoms with Crippen molar-refractivity contribution in [3.05, 3.63) is 0 Å². The van der Waals surface area contributed by atoms with Gasteiger partial charge in [-0.05, 0) is 13.3 Å². The Balaban J connectivity index is 2.82. The third-order valence-electron chi connectivity index (χ3n) is 2.06. The van der Waals surface area contributed by atoms with Crippen LogP contribution in [0.1, 0.15) is 20.3 Å². The summed E-state index contributed by atoms with van der Waals surface area (Å²) in [5, 5.41) is 18.6. The fourth-order valence-corrected chi connectivity index (χ4v) is 1.24. The molecule has 2 N–H and O–H groups in total. The van der Waals surface area contributed by atoms with Gasteiger partial charge >= 0.3 is 5.97 Å². The molecule has 3 atom stereocenters. The van der Waals surface area contributed by atoms with Gasteiger partial charge < -0.3 is 14.9 Å². The van der Waals surface area contributed by atoms with E-state index >= 15 is 0 Å². The van der Waals surface area contributed by atoms with Gasteiger partial charge in [0.15, 0.2) is 6.10 Å². The summed E-state index contributed by atoms with van der Waals surface area (Å²) in [5.74, 6) is -0.734. The lowest BCUT2D eigenvalue weighted by Crippen LogP contribution is -2.44. The Morgan fingerprint density at radius 1 is 1.73 bits per heavy atom. The molecule has 0 aromatic heterocycles. The zero-order valence-corrected chi connectivity index (χ0v) is 6.57. The molecule has 0 radical (unpaired) electrons. The molecule has 0 aliphatic carbocycles. The Kier molecular flexibility index (Phi) is 1.90. The average molecular weight is 160 g/mol.